The van der Waals surface area contributed by atoms with Crippen LogP contribution in [0.5, 0.6) is 5.75 Å². The number of aliphatic hydroxyl groups excluding tert-OH is 2. The average molecular weight is 450 g/mol. The Morgan fingerprint density at radius 1 is 1.09 bits per heavy atom. The number of fused-ring (bicyclic) bond motifs is 1. The van der Waals surface area contributed by atoms with Crippen LogP contribution in [0.4, 0.5) is 0 Å². The van der Waals surface area contributed by atoms with Gasteiger partial charge in [-0.05, 0) is 68.5 Å². The van der Waals surface area contributed by atoms with Crippen molar-refractivity contribution in [2.45, 2.75) is 69.1 Å². The minimum Gasteiger partial charge on any atom is -0.479 e. The fourth-order valence-corrected chi connectivity index (χ4v) is 5.68. The van der Waals surface area contributed by atoms with Crippen LogP contribution in [0.25, 0.3) is 0 Å². The van der Waals surface area contributed by atoms with Crippen molar-refractivity contribution < 1.29 is 39.5 Å². The zero-order valence-corrected chi connectivity index (χ0v) is 18.4. The van der Waals surface area contributed by atoms with Crippen LogP contribution in [-0.4, -0.2) is 75.1 Å². The van der Waals surface area contributed by atoms with Gasteiger partial charge in [0, 0.05) is 18.4 Å². The Balaban J connectivity index is 0.000000247. The van der Waals surface area contributed by atoms with Gasteiger partial charge < -0.3 is 30.1 Å². The van der Waals surface area contributed by atoms with Gasteiger partial charge in [0.2, 0.25) is 0 Å². The monoisotopic (exact) mass is 449 g/mol. The zero-order chi connectivity index (χ0) is 23.6. The molecule has 0 aromatic heterocycles. The number of benzene rings is 1. The second kappa shape index (κ2) is 9.56. The maximum absolute atomic E-state index is 11.3. The fraction of sp³-hybridized carbons (Fsp3) is 0.609. The van der Waals surface area contributed by atoms with Crippen molar-refractivity contribution in [3.8, 4) is 5.75 Å². The molecule has 4 rings (SSSR count). The smallest absolute Gasteiger partial charge is 0.335 e. The molecule has 1 aromatic rings. The van der Waals surface area contributed by atoms with Crippen molar-refractivity contribution >= 4 is 17.9 Å². The van der Waals surface area contributed by atoms with E-state index in [1.165, 1.54) is 56.7 Å². The SMILES string of the molecule is CC(=O)Oc1ccc2c(c1)[C@@]13CCCC[C@H]1[C@@H](C2)N(C)CC3.O=C(O)[C@H](O)[C@@H](O)C(=O)O. The van der Waals surface area contributed by atoms with Gasteiger partial charge >= 0.3 is 17.9 Å². The number of carbonyl (C=O) groups is 3. The number of hydrogen-bond donors (Lipinski definition) is 4. The number of aliphatic hydroxyl groups is 2. The number of rotatable bonds is 4. The molecule has 0 amide bonds. The lowest BCUT2D eigenvalue weighted by atomic mass is 9.52. The number of aliphatic carboxylic acids is 2. The van der Waals surface area contributed by atoms with Crippen molar-refractivity contribution in [2.75, 3.05) is 13.6 Å². The summed E-state index contributed by atoms with van der Waals surface area (Å²) >= 11 is 0. The maximum atomic E-state index is 11.3. The third-order valence-corrected chi connectivity index (χ3v) is 7.15. The number of esters is 1. The summed E-state index contributed by atoms with van der Waals surface area (Å²) < 4.78 is 5.37. The highest BCUT2D eigenvalue weighted by Gasteiger charge is 2.53. The zero-order valence-electron chi connectivity index (χ0n) is 18.4. The molecular weight excluding hydrogens is 418 g/mol. The van der Waals surface area contributed by atoms with E-state index in [1.807, 2.05) is 6.07 Å². The summed E-state index contributed by atoms with van der Waals surface area (Å²) in [6.07, 6.45) is 3.24. The molecule has 2 bridgehead atoms. The topological polar surface area (TPSA) is 145 Å². The quantitative estimate of drug-likeness (QED) is 0.393. The molecule has 1 saturated carbocycles. The first-order valence-electron chi connectivity index (χ1n) is 10.9. The normalized spacial score (nSPS) is 28.1. The van der Waals surface area contributed by atoms with E-state index >= 15 is 0 Å². The lowest BCUT2D eigenvalue weighted by Gasteiger charge is -2.58. The maximum Gasteiger partial charge on any atom is 0.335 e. The molecule has 0 spiro atoms. The second-order valence-corrected chi connectivity index (χ2v) is 8.99. The molecule has 4 N–H and O–H groups in total. The van der Waals surface area contributed by atoms with Gasteiger partial charge in [-0.1, -0.05) is 18.9 Å². The third-order valence-electron chi connectivity index (χ3n) is 7.15. The van der Waals surface area contributed by atoms with Crippen LogP contribution in [0.1, 0.15) is 50.2 Å². The van der Waals surface area contributed by atoms with Gasteiger partial charge in [-0.2, -0.15) is 0 Å². The first kappa shape index (κ1) is 24.2. The molecule has 32 heavy (non-hydrogen) atoms. The van der Waals surface area contributed by atoms with E-state index in [0.717, 1.165) is 18.1 Å². The molecule has 176 valence electrons. The van der Waals surface area contributed by atoms with Crippen molar-refractivity contribution in [1.82, 2.24) is 4.90 Å². The number of piperidine rings is 1. The summed E-state index contributed by atoms with van der Waals surface area (Å²) in [5, 5.41) is 32.5. The van der Waals surface area contributed by atoms with E-state index in [0.29, 0.717) is 11.5 Å². The van der Waals surface area contributed by atoms with Crippen LogP contribution >= 0.6 is 0 Å². The van der Waals surface area contributed by atoms with Gasteiger partial charge in [-0.15, -0.1) is 0 Å². The molecule has 0 unspecified atom stereocenters. The number of carbonyl (C=O) groups excluding carboxylic acids is 1. The average Bonchev–Trinajstić information content (AvgIpc) is 2.75. The van der Waals surface area contributed by atoms with Crippen LogP contribution < -0.4 is 4.74 Å². The van der Waals surface area contributed by atoms with Gasteiger partial charge in [-0.3, -0.25) is 4.79 Å². The first-order valence-corrected chi connectivity index (χ1v) is 10.9. The van der Waals surface area contributed by atoms with E-state index in [-0.39, 0.29) is 5.97 Å². The van der Waals surface area contributed by atoms with Crippen LogP contribution in [0, 0.1) is 5.92 Å². The minimum absolute atomic E-state index is 0.227. The third kappa shape index (κ3) is 4.65. The number of carboxylic acid groups (broad SMARTS) is 2. The molecule has 9 heteroatoms. The largest absolute Gasteiger partial charge is 0.479 e. The van der Waals surface area contributed by atoms with Crippen molar-refractivity contribution in [1.29, 1.82) is 0 Å². The van der Waals surface area contributed by atoms with Gasteiger partial charge in [0.25, 0.3) is 0 Å². The van der Waals surface area contributed by atoms with Gasteiger partial charge in [0.15, 0.2) is 12.2 Å². The number of ether oxygens (including phenoxy) is 1. The van der Waals surface area contributed by atoms with Crippen LogP contribution in [0.15, 0.2) is 18.2 Å². The van der Waals surface area contributed by atoms with Crippen molar-refractivity contribution in [2.24, 2.45) is 5.92 Å². The minimum atomic E-state index is -2.27. The lowest BCUT2D eigenvalue weighted by Crippen LogP contribution is -2.59. The van der Waals surface area contributed by atoms with Gasteiger partial charge in [-0.25, -0.2) is 9.59 Å². The standard InChI is InChI=1S/C19H25NO2.C4H6O6/c1-13(21)22-15-7-6-14-11-18-16-5-3-4-8-19(16,17(14)12-15)9-10-20(18)2;5-1(3(7)8)2(6)4(9)10/h6-7,12,16,18H,3-5,8-11H2,1-2H3;1-2,5-6H,(H,7,8)(H,9,10)/t16-,18+,19+;1-,2-/m01/s1. The lowest BCUT2D eigenvalue weighted by molar-refractivity contribution is -0.165. The van der Waals surface area contributed by atoms with E-state index in [2.05, 4.69) is 24.1 Å². The predicted molar refractivity (Wildman–Crippen MR) is 113 cm³/mol. The second-order valence-electron chi connectivity index (χ2n) is 8.99. The molecule has 1 saturated heterocycles. The van der Waals surface area contributed by atoms with E-state index < -0.39 is 24.1 Å². The Labute approximate surface area is 186 Å². The molecular formula is C23H31NO8. The molecule has 9 nitrogen and oxygen atoms in total. The molecule has 0 radical (unpaired) electrons. The molecule has 5 atom stereocenters. The van der Waals surface area contributed by atoms with Crippen LogP contribution in [0.2, 0.25) is 0 Å². The summed E-state index contributed by atoms with van der Waals surface area (Å²) in [5.41, 5.74) is 3.30. The molecule has 1 aliphatic heterocycles. The summed E-state index contributed by atoms with van der Waals surface area (Å²) in [4.78, 5) is 33.4. The van der Waals surface area contributed by atoms with Gasteiger partial charge in [0.05, 0.1) is 0 Å². The van der Waals surface area contributed by atoms with E-state index in [4.69, 9.17) is 25.2 Å². The highest BCUT2D eigenvalue weighted by molar-refractivity contribution is 5.83. The van der Waals surface area contributed by atoms with Crippen LogP contribution in [-0.2, 0) is 26.2 Å². The Morgan fingerprint density at radius 2 is 1.75 bits per heavy atom. The van der Waals surface area contributed by atoms with E-state index in [9.17, 15) is 14.4 Å². The summed E-state index contributed by atoms with van der Waals surface area (Å²) in [5.74, 6) is -2.26. The van der Waals surface area contributed by atoms with Crippen LogP contribution in [0.3, 0.4) is 0 Å². The fourth-order valence-electron chi connectivity index (χ4n) is 5.68. The summed E-state index contributed by atoms with van der Waals surface area (Å²) in [6, 6.07) is 7.04. The Kier molecular flexibility index (Phi) is 7.22. The number of hydrogen-bond acceptors (Lipinski definition) is 7. The molecule has 2 aliphatic carbocycles. The van der Waals surface area contributed by atoms with Crippen molar-refractivity contribution in [3.63, 3.8) is 0 Å². The molecule has 1 aromatic carbocycles. The number of carboxylic acids is 2. The Morgan fingerprint density at radius 3 is 2.34 bits per heavy atom. The molecule has 2 fully saturated rings. The summed E-state index contributed by atoms with van der Waals surface area (Å²) in [7, 11) is 2.29. The first-order chi connectivity index (χ1) is 15.1. The molecule has 1 heterocycles. The highest BCUT2D eigenvalue weighted by Crippen LogP contribution is 2.55. The Bertz CT molecular complexity index is 869. The predicted octanol–water partition coefficient (Wildman–Crippen LogP) is 1.18. The number of nitrogens with zero attached hydrogens (tertiary/aromatic N) is 1. The number of likely N-dealkylation sites (tertiary alicyclic amines) is 1. The molecule has 3 aliphatic rings. The number of likely N-dealkylation sites (N-methyl/N-ethyl adjacent to an activating group) is 1. The Hall–Kier alpha value is -2.49. The summed E-state index contributed by atoms with van der Waals surface area (Å²) in [6.45, 7) is 2.67. The van der Waals surface area contributed by atoms with Gasteiger partial charge in [0.1, 0.15) is 5.75 Å². The highest BCUT2D eigenvalue weighted by atomic mass is 16.5. The van der Waals surface area contributed by atoms with E-state index in [1.54, 1.807) is 0 Å². The van der Waals surface area contributed by atoms with Crippen molar-refractivity contribution in [3.05, 3.63) is 29.3 Å².